The summed E-state index contributed by atoms with van der Waals surface area (Å²) in [7, 11) is 4.22. The van der Waals surface area contributed by atoms with Gasteiger partial charge < -0.3 is 4.90 Å². The topological polar surface area (TPSA) is 6.48 Å². The Kier molecular flexibility index (Phi) is 17.3. The van der Waals surface area contributed by atoms with Gasteiger partial charge in [-0.3, -0.25) is 4.90 Å². The van der Waals surface area contributed by atoms with Crippen molar-refractivity contribution >= 4 is 0 Å². The minimum absolute atomic E-state index is 0.818. The van der Waals surface area contributed by atoms with Gasteiger partial charge in [0.1, 0.15) is 0 Å². The van der Waals surface area contributed by atoms with E-state index in [9.17, 15) is 0 Å². The van der Waals surface area contributed by atoms with E-state index in [1.54, 1.807) is 0 Å². The minimum atomic E-state index is 0.818. The summed E-state index contributed by atoms with van der Waals surface area (Å²) in [6.45, 7) is 18.3. The fraction of sp³-hybridized carbons (Fsp3) is 0.583. The molecule has 0 aromatic rings. The maximum atomic E-state index is 5.81. The number of likely N-dealkylation sites (N-methyl/N-ethyl adjacent to an activating group) is 1. The van der Waals surface area contributed by atoms with Gasteiger partial charge in [-0.1, -0.05) is 56.6 Å². The third-order valence-electron chi connectivity index (χ3n) is 4.24. The molecule has 0 aliphatic rings. The Bertz CT molecular complexity index is 525. The maximum Gasteiger partial charge on any atom is 0.0320 e. The zero-order chi connectivity index (χ0) is 20.5. The normalized spacial score (nSPS) is 13.6. The molecule has 2 nitrogen and oxygen atoms in total. The Labute approximate surface area is 164 Å². The van der Waals surface area contributed by atoms with Crippen LogP contribution in [0.3, 0.4) is 0 Å². The molecule has 0 rings (SSSR count). The van der Waals surface area contributed by atoms with E-state index in [-0.39, 0.29) is 0 Å². The van der Waals surface area contributed by atoms with Gasteiger partial charge in [0.15, 0.2) is 0 Å². The Hall–Kier alpha value is -1.56. The molecule has 0 fully saturated rings. The molecule has 0 unspecified atom stereocenters. The molecule has 0 aromatic carbocycles. The molecule has 0 saturated heterocycles. The van der Waals surface area contributed by atoms with Crippen molar-refractivity contribution < 1.29 is 0 Å². The molecule has 0 bridgehead atoms. The van der Waals surface area contributed by atoms with Crippen molar-refractivity contribution in [2.45, 2.75) is 54.9 Å². The number of hydrogen-bond donors (Lipinski definition) is 0. The minimum Gasteiger partial charge on any atom is -0.308 e. The maximum absolute atomic E-state index is 5.81. The predicted octanol–water partition coefficient (Wildman–Crippen LogP) is 5.70. The van der Waals surface area contributed by atoms with E-state index in [1.807, 2.05) is 13.8 Å². The molecule has 0 radical (unpaired) electrons. The lowest BCUT2D eigenvalue weighted by molar-refractivity contribution is 0.275. The molecule has 148 valence electrons. The zero-order valence-electron chi connectivity index (χ0n) is 18.8. The summed E-state index contributed by atoms with van der Waals surface area (Å²) < 4.78 is 0. The van der Waals surface area contributed by atoms with Gasteiger partial charge in [0, 0.05) is 31.8 Å². The average Bonchev–Trinajstić information content (AvgIpc) is 2.66. The molecule has 2 heteroatoms. The van der Waals surface area contributed by atoms with Crippen molar-refractivity contribution in [1.29, 1.82) is 0 Å². The fourth-order valence-corrected chi connectivity index (χ4v) is 2.27. The summed E-state index contributed by atoms with van der Waals surface area (Å²) in [5.41, 5.74) is 4.90. The van der Waals surface area contributed by atoms with Crippen LogP contribution in [-0.2, 0) is 0 Å². The highest BCUT2D eigenvalue weighted by molar-refractivity contribution is 5.41. The first-order chi connectivity index (χ1) is 12.4. The van der Waals surface area contributed by atoms with Crippen molar-refractivity contribution in [1.82, 2.24) is 9.80 Å². The number of hydrogen-bond acceptors (Lipinski definition) is 2. The van der Waals surface area contributed by atoms with E-state index in [0.717, 1.165) is 38.2 Å². The first-order valence-electron chi connectivity index (χ1n) is 9.87. The summed E-state index contributed by atoms with van der Waals surface area (Å²) in [5.74, 6) is 2.92. The molecule has 0 amide bonds. The van der Waals surface area contributed by atoms with E-state index in [1.165, 1.54) is 16.7 Å². The second-order valence-electron chi connectivity index (χ2n) is 6.41. The van der Waals surface area contributed by atoms with Gasteiger partial charge in [0.05, 0.1) is 0 Å². The highest BCUT2D eigenvalue weighted by atomic mass is 15.2. The summed E-state index contributed by atoms with van der Waals surface area (Å²) >= 11 is 0. The quantitative estimate of drug-likeness (QED) is 0.365. The van der Waals surface area contributed by atoms with E-state index < -0.39 is 0 Å². The second-order valence-corrected chi connectivity index (χ2v) is 6.41. The summed E-state index contributed by atoms with van der Waals surface area (Å²) in [6, 6.07) is 0. The Morgan fingerprint density at radius 2 is 1.62 bits per heavy atom. The lowest BCUT2D eigenvalue weighted by Crippen LogP contribution is -2.34. The lowest BCUT2D eigenvalue weighted by atomic mass is 10.0. The smallest absolute Gasteiger partial charge is 0.0320 e. The van der Waals surface area contributed by atoms with Gasteiger partial charge in [-0.2, -0.15) is 0 Å². The molecule has 26 heavy (non-hydrogen) atoms. The fourth-order valence-electron chi connectivity index (χ4n) is 2.27. The number of allylic oxidation sites excluding steroid dienone is 5. The van der Waals surface area contributed by atoms with E-state index in [4.69, 9.17) is 6.42 Å². The molecule has 0 aliphatic carbocycles. The Morgan fingerprint density at radius 3 is 2.04 bits per heavy atom. The van der Waals surface area contributed by atoms with Crippen LogP contribution < -0.4 is 0 Å². The molecule has 0 heterocycles. The van der Waals surface area contributed by atoms with Crippen LogP contribution in [0.25, 0.3) is 0 Å². The van der Waals surface area contributed by atoms with Crippen LogP contribution in [0.15, 0.2) is 46.6 Å². The molecular formula is C24H42N2. The van der Waals surface area contributed by atoms with Gasteiger partial charge in [-0.25, -0.2) is 0 Å². The molecule has 0 spiro atoms. The van der Waals surface area contributed by atoms with Crippen LogP contribution in [0.2, 0.25) is 0 Å². The average molecular weight is 359 g/mol. The predicted molar refractivity (Wildman–Crippen MR) is 120 cm³/mol. The monoisotopic (exact) mass is 358 g/mol. The summed E-state index contributed by atoms with van der Waals surface area (Å²) in [4.78, 5) is 4.66. The number of nitrogens with zero attached hydrogens (tertiary/aromatic N) is 2. The summed E-state index contributed by atoms with van der Waals surface area (Å²) in [5, 5.41) is 0. The molecular weight excluding hydrogens is 316 g/mol. The van der Waals surface area contributed by atoms with E-state index in [2.05, 4.69) is 88.7 Å². The Balaban J connectivity index is 0. The van der Waals surface area contributed by atoms with Crippen LogP contribution >= 0.6 is 0 Å². The van der Waals surface area contributed by atoms with E-state index >= 15 is 0 Å². The SMILES string of the molecule is C#C/C(CN(CCN(C)C)CC(/C=C\CC)=C/C)=C(C)\C(C)=C/C.CC. The van der Waals surface area contributed by atoms with Crippen LogP contribution in [0.1, 0.15) is 54.9 Å². The first kappa shape index (κ1) is 26.7. The van der Waals surface area contributed by atoms with Gasteiger partial charge in [0.25, 0.3) is 0 Å². The second kappa shape index (κ2) is 16.9. The van der Waals surface area contributed by atoms with Gasteiger partial charge in [-0.15, -0.1) is 6.42 Å². The third kappa shape index (κ3) is 11.9. The molecule has 0 saturated carbocycles. The van der Waals surface area contributed by atoms with Crippen molar-refractivity contribution in [3.05, 3.63) is 46.6 Å². The largest absolute Gasteiger partial charge is 0.308 e. The first-order valence-corrected chi connectivity index (χ1v) is 9.87. The van der Waals surface area contributed by atoms with Gasteiger partial charge in [-0.05, 0) is 59.4 Å². The van der Waals surface area contributed by atoms with Gasteiger partial charge >= 0.3 is 0 Å². The molecule has 0 aliphatic heterocycles. The van der Waals surface area contributed by atoms with Crippen molar-refractivity contribution in [2.75, 3.05) is 40.3 Å². The van der Waals surface area contributed by atoms with Crippen LogP contribution in [-0.4, -0.2) is 50.1 Å². The lowest BCUT2D eigenvalue weighted by Gasteiger charge is -2.25. The number of terminal acetylenes is 1. The van der Waals surface area contributed by atoms with Crippen LogP contribution in [0.4, 0.5) is 0 Å². The van der Waals surface area contributed by atoms with Crippen molar-refractivity contribution in [2.24, 2.45) is 0 Å². The zero-order valence-corrected chi connectivity index (χ0v) is 18.8. The third-order valence-corrected chi connectivity index (χ3v) is 4.24. The van der Waals surface area contributed by atoms with Crippen LogP contribution in [0.5, 0.6) is 0 Å². The summed E-state index contributed by atoms with van der Waals surface area (Å²) in [6.07, 6.45) is 15.6. The highest BCUT2D eigenvalue weighted by Crippen LogP contribution is 2.15. The van der Waals surface area contributed by atoms with Crippen molar-refractivity contribution in [3.8, 4) is 12.3 Å². The molecule has 0 N–H and O–H groups in total. The molecule has 0 aromatic heterocycles. The van der Waals surface area contributed by atoms with Crippen LogP contribution in [0, 0.1) is 12.3 Å². The Morgan fingerprint density at radius 1 is 1.00 bits per heavy atom. The van der Waals surface area contributed by atoms with Gasteiger partial charge in [0.2, 0.25) is 0 Å². The standard InChI is InChI=1S/C22H36N2.C2H6/c1-9-13-14-21(11-3)17-24(16-15-23(7)8)18-22(12-4)20(6)19(5)10-2;1-2/h4,10-11,13-14H,9,15-18H2,1-3,5-8H3;1-2H3/b14-13-,19-10-,21-11+,22-20+;. The molecule has 0 atom stereocenters. The number of rotatable bonds is 10. The van der Waals surface area contributed by atoms with E-state index in [0.29, 0.717) is 0 Å². The highest BCUT2D eigenvalue weighted by Gasteiger charge is 2.11. The van der Waals surface area contributed by atoms with Crippen molar-refractivity contribution in [3.63, 3.8) is 0 Å².